The number of hydrogen-bond donors (Lipinski definition) is 0. The monoisotopic (exact) mass is 728 g/mol. The van der Waals surface area contributed by atoms with Crippen molar-refractivity contribution in [2.75, 3.05) is 0 Å². The molecular formula is C57H44. The summed E-state index contributed by atoms with van der Waals surface area (Å²) in [4.78, 5) is 0. The number of fused-ring (bicyclic) bond motifs is 2. The fourth-order valence-corrected chi connectivity index (χ4v) is 9.72. The summed E-state index contributed by atoms with van der Waals surface area (Å²) in [5.41, 5.74) is 21.2. The third-order valence-electron chi connectivity index (χ3n) is 12.2. The van der Waals surface area contributed by atoms with Crippen molar-refractivity contribution in [2.45, 2.75) is 25.7 Å². The molecule has 0 heteroatoms. The lowest BCUT2D eigenvalue weighted by Gasteiger charge is -2.41. The van der Waals surface area contributed by atoms with Gasteiger partial charge in [-0.25, -0.2) is 0 Å². The van der Waals surface area contributed by atoms with Crippen LogP contribution in [0.25, 0.3) is 44.5 Å². The first-order valence-electron chi connectivity index (χ1n) is 20.3. The average Bonchev–Trinajstić information content (AvgIpc) is 3.88. The standard InChI is InChI=1S/C57H44/c1-5-17-41(18-6-1)39-57(40-42-19-7-2-8-20-42,55-51-27-15-13-25-49(51)37-53(55)47-33-29-45(30-34-47)43-21-9-3-10-22-43)56-52-28-16-14-26-50(52)38-54(56)48-35-31-46(32-36-48)44-23-11-4-12-24-44/h1-36H,37-40H2. The second kappa shape index (κ2) is 15.1. The van der Waals surface area contributed by atoms with Crippen LogP contribution in [0.15, 0.2) is 218 Å². The minimum absolute atomic E-state index is 0.414. The molecule has 0 bridgehead atoms. The highest BCUT2D eigenvalue weighted by Crippen LogP contribution is 2.61. The Balaban J connectivity index is 1.27. The Hall–Kier alpha value is -6.76. The number of rotatable bonds is 10. The maximum Gasteiger partial charge on any atom is 0.0301 e. The van der Waals surface area contributed by atoms with Crippen LogP contribution in [0.3, 0.4) is 0 Å². The Morgan fingerprint density at radius 1 is 0.281 bits per heavy atom. The zero-order valence-corrected chi connectivity index (χ0v) is 32.1. The smallest absolute Gasteiger partial charge is 0.0301 e. The molecule has 0 amide bonds. The van der Waals surface area contributed by atoms with E-state index in [2.05, 4.69) is 218 Å². The topological polar surface area (TPSA) is 0 Å². The van der Waals surface area contributed by atoms with Gasteiger partial charge in [0.2, 0.25) is 0 Å². The van der Waals surface area contributed by atoms with Crippen molar-refractivity contribution in [1.82, 2.24) is 0 Å². The number of hydrogen-bond acceptors (Lipinski definition) is 0. The third kappa shape index (κ3) is 6.58. The third-order valence-corrected chi connectivity index (χ3v) is 12.2. The average molecular weight is 729 g/mol. The molecule has 0 radical (unpaired) electrons. The van der Waals surface area contributed by atoms with Gasteiger partial charge in [0.25, 0.3) is 0 Å². The van der Waals surface area contributed by atoms with E-state index in [0.717, 1.165) is 25.7 Å². The molecule has 2 aliphatic rings. The molecule has 0 aromatic heterocycles. The van der Waals surface area contributed by atoms with Gasteiger partial charge >= 0.3 is 0 Å². The molecule has 8 aromatic rings. The molecule has 272 valence electrons. The fourth-order valence-electron chi connectivity index (χ4n) is 9.72. The van der Waals surface area contributed by atoms with E-state index >= 15 is 0 Å². The molecule has 57 heavy (non-hydrogen) atoms. The first-order chi connectivity index (χ1) is 28.2. The van der Waals surface area contributed by atoms with Crippen LogP contribution in [0.4, 0.5) is 0 Å². The molecule has 0 spiro atoms. The highest BCUT2D eigenvalue weighted by Gasteiger charge is 2.47. The summed E-state index contributed by atoms with van der Waals surface area (Å²) in [5, 5.41) is 0. The molecule has 0 N–H and O–H groups in total. The van der Waals surface area contributed by atoms with E-state index < -0.39 is 5.41 Å². The molecule has 0 unspecified atom stereocenters. The maximum atomic E-state index is 2.40. The molecule has 10 rings (SSSR count). The highest BCUT2D eigenvalue weighted by molar-refractivity contribution is 6.10. The largest absolute Gasteiger partial charge is 0.0622 e. The lowest BCUT2D eigenvalue weighted by molar-refractivity contribution is 0.527. The van der Waals surface area contributed by atoms with Crippen LogP contribution in [0.1, 0.15) is 44.5 Å². The van der Waals surface area contributed by atoms with Gasteiger partial charge in [0.15, 0.2) is 0 Å². The van der Waals surface area contributed by atoms with Crippen LogP contribution < -0.4 is 0 Å². The van der Waals surface area contributed by atoms with E-state index in [9.17, 15) is 0 Å². The molecule has 8 aromatic carbocycles. The Kier molecular flexibility index (Phi) is 9.17. The first kappa shape index (κ1) is 34.7. The van der Waals surface area contributed by atoms with Gasteiger partial charge in [-0.1, -0.05) is 218 Å². The Morgan fingerprint density at radius 3 is 0.965 bits per heavy atom. The molecule has 0 atom stereocenters. The van der Waals surface area contributed by atoms with Crippen LogP contribution >= 0.6 is 0 Å². The van der Waals surface area contributed by atoms with Crippen molar-refractivity contribution in [3.8, 4) is 22.3 Å². The van der Waals surface area contributed by atoms with Crippen molar-refractivity contribution < 1.29 is 0 Å². The lowest BCUT2D eigenvalue weighted by Crippen LogP contribution is -2.31. The SMILES string of the molecule is c1ccc(CC(Cc2ccccc2)(C2=C(c3ccc(-c4ccccc4)cc3)Cc3ccccc32)C2=C(c3ccc(-c4ccccc4)cc3)Cc3ccccc32)cc1. The van der Waals surface area contributed by atoms with Gasteiger partial charge in [0.1, 0.15) is 0 Å². The summed E-state index contributed by atoms with van der Waals surface area (Å²) < 4.78 is 0. The zero-order chi connectivity index (χ0) is 38.0. The van der Waals surface area contributed by atoms with Crippen LogP contribution in [0.2, 0.25) is 0 Å². The van der Waals surface area contributed by atoms with E-state index in [0.29, 0.717) is 0 Å². The predicted molar refractivity (Wildman–Crippen MR) is 240 cm³/mol. The molecule has 0 fully saturated rings. The number of allylic oxidation sites excluding steroid dienone is 4. The minimum atomic E-state index is -0.414. The van der Waals surface area contributed by atoms with Crippen LogP contribution in [0, 0.1) is 5.41 Å². The Labute approximate surface area is 337 Å². The Morgan fingerprint density at radius 2 is 0.579 bits per heavy atom. The number of benzene rings is 8. The minimum Gasteiger partial charge on any atom is -0.0622 e. The normalized spacial score (nSPS) is 13.5. The van der Waals surface area contributed by atoms with Crippen LogP contribution in [0.5, 0.6) is 0 Å². The van der Waals surface area contributed by atoms with Gasteiger partial charge in [-0.05, 0) is 115 Å². The summed E-state index contributed by atoms with van der Waals surface area (Å²) >= 11 is 0. The van der Waals surface area contributed by atoms with Crippen molar-refractivity contribution in [1.29, 1.82) is 0 Å². The summed E-state index contributed by atoms with van der Waals surface area (Å²) in [6.45, 7) is 0. The predicted octanol–water partition coefficient (Wildman–Crippen LogP) is 14.1. The van der Waals surface area contributed by atoms with Gasteiger partial charge in [0.05, 0.1) is 0 Å². The van der Waals surface area contributed by atoms with Gasteiger partial charge in [-0.2, -0.15) is 0 Å². The molecule has 0 saturated carbocycles. The van der Waals surface area contributed by atoms with Crippen molar-refractivity contribution in [3.63, 3.8) is 0 Å². The first-order valence-corrected chi connectivity index (χ1v) is 20.3. The van der Waals surface area contributed by atoms with Crippen molar-refractivity contribution in [3.05, 3.63) is 263 Å². The summed E-state index contributed by atoms with van der Waals surface area (Å²) in [6.07, 6.45) is 3.54. The molecule has 0 saturated heterocycles. The van der Waals surface area contributed by atoms with E-state index in [1.807, 2.05) is 0 Å². The molecule has 0 heterocycles. The van der Waals surface area contributed by atoms with E-state index in [1.165, 1.54) is 89.1 Å². The van der Waals surface area contributed by atoms with Crippen LogP contribution in [-0.4, -0.2) is 0 Å². The van der Waals surface area contributed by atoms with E-state index in [4.69, 9.17) is 0 Å². The molecular weight excluding hydrogens is 685 g/mol. The summed E-state index contributed by atoms with van der Waals surface area (Å²) in [6, 6.07) is 81.2. The summed E-state index contributed by atoms with van der Waals surface area (Å²) in [7, 11) is 0. The lowest BCUT2D eigenvalue weighted by atomic mass is 9.61. The van der Waals surface area contributed by atoms with Gasteiger partial charge < -0.3 is 0 Å². The summed E-state index contributed by atoms with van der Waals surface area (Å²) in [5.74, 6) is 0. The van der Waals surface area contributed by atoms with Crippen molar-refractivity contribution >= 4 is 22.3 Å². The van der Waals surface area contributed by atoms with E-state index in [1.54, 1.807) is 0 Å². The van der Waals surface area contributed by atoms with Crippen molar-refractivity contribution in [2.24, 2.45) is 5.41 Å². The second-order valence-corrected chi connectivity index (χ2v) is 15.7. The highest BCUT2D eigenvalue weighted by atomic mass is 14.5. The second-order valence-electron chi connectivity index (χ2n) is 15.7. The zero-order valence-electron chi connectivity index (χ0n) is 32.1. The van der Waals surface area contributed by atoms with E-state index in [-0.39, 0.29) is 0 Å². The molecule has 0 aliphatic heterocycles. The van der Waals surface area contributed by atoms with Crippen LogP contribution in [-0.2, 0) is 25.7 Å². The van der Waals surface area contributed by atoms with Gasteiger partial charge in [0, 0.05) is 5.41 Å². The molecule has 0 nitrogen and oxygen atoms in total. The van der Waals surface area contributed by atoms with Gasteiger partial charge in [-0.3, -0.25) is 0 Å². The molecule has 2 aliphatic carbocycles. The fraction of sp³-hybridized carbons (Fsp3) is 0.0877. The Bertz CT molecular complexity index is 2520. The maximum absolute atomic E-state index is 2.40. The van der Waals surface area contributed by atoms with Gasteiger partial charge in [-0.15, -0.1) is 0 Å². The quantitative estimate of drug-likeness (QED) is 0.132.